The summed E-state index contributed by atoms with van der Waals surface area (Å²) >= 11 is 0. The number of benzene rings is 3. The van der Waals surface area contributed by atoms with Crippen molar-refractivity contribution in [2.45, 2.75) is 32.3 Å². The van der Waals surface area contributed by atoms with Gasteiger partial charge in [0.25, 0.3) is 0 Å². The minimum atomic E-state index is -1.27. The summed E-state index contributed by atoms with van der Waals surface area (Å²) in [6.07, 6.45) is 5.02. The van der Waals surface area contributed by atoms with Crippen molar-refractivity contribution in [3.8, 4) is 11.5 Å². The van der Waals surface area contributed by atoms with E-state index in [1.165, 1.54) is 13.8 Å². The molecule has 0 aliphatic heterocycles. The molecule has 3 aromatic rings. The average molecular weight is 445 g/mol. The highest BCUT2D eigenvalue weighted by Crippen LogP contribution is 2.20. The number of ether oxygens (including phenoxy) is 2. The minimum absolute atomic E-state index is 0.0513. The summed E-state index contributed by atoms with van der Waals surface area (Å²) in [5.74, 6) is 0.184. The van der Waals surface area contributed by atoms with Crippen molar-refractivity contribution >= 4 is 17.8 Å². The molecule has 0 radical (unpaired) electrons. The Kier molecular flexibility index (Phi) is 8.03. The fourth-order valence-corrected chi connectivity index (χ4v) is 3.08. The van der Waals surface area contributed by atoms with Gasteiger partial charge in [-0.05, 0) is 80.3 Å². The van der Waals surface area contributed by atoms with Gasteiger partial charge in [0.2, 0.25) is 0 Å². The summed E-state index contributed by atoms with van der Waals surface area (Å²) in [5.41, 5.74) is 1.44. The van der Waals surface area contributed by atoms with Crippen LogP contribution in [0.15, 0.2) is 84.9 Å². The van der Waals surface area contributed by atoms with Gasteiger partial charge in [-0.2, -0.15) is 0 Å². The Balaban J connectivity index is 1.42. The molecule has 0 bridgehead atoms. The maximum absolute atomic E-state index is 12.3. The van der Waals surface area contributed by atoms with Gasteiger partial charge < -0.3 is 14.6 Å². The fraction of sp³-hybridized carbons (Fsp3) is 0.214. The first-order chi connectivity index (χ1) is 15.8. The van der Waals surface area contributed by atoms with Crippen LogP contribution in [-0.2, 0) is 11.2 Å². The summed E-state index contributed by atoms with van der Waals surface area (Å²) < 4.78 is 11.3. The first-order valence-corrected chi connectivity index (χ1v) is 10.9. The first-order valence-electron chi connectivity index (χ1n) is 10.9. The van der Waals surface area contributed by atoms with Crippen LogP contribution in [0.5, 0.6) is 11.5 Å². The highest BCUT2D eigenvalue weighted by molar-refractivity contribution is 6.06. The van der Waals surface area contributed by atoms with E-state index in [0.717, 1.165) is 29.7 Å². The molecule has 3 aromatic carbocycles. The largest absolute Gasteiger partial charge is 0.494 e. The number of carbonyl (C=O) groups is 2. The standard InChI is InChI=1S/C28H28O5/c1-28(2,27(30)31)33-25-15-10-22(11-16-25)9-6-20-32-24-17-13-23(14-18-24)26(29)19-12-21-7-4-3-5-8-21/h3-5,7-8,10-19H,6,9,20H2,1-2H3,(H,30,31)/b19-12+. The summed E-state index contributed by atoms with van der Waals surface area (Å²) in [4.78, 5) is 23.5. The number of allylic oxidation sites excluding steroid dienone is 1. The first kappa shape index (κ1) is 23.8. The lowest BCUT2D eigenvalue weighted by atomic mass is 10.1. The zero-order chi connectivity index (χ0) is 23.7. The molecule has 0 saturated heterocycles. The molecule has 170 valence electrons. The van der Waals surface area contributed by atoms with Crippen LogP contribution >= 0.6 is 0 Å². The number of aryl methyl sites for hydroxylation is 1. The van der Waals surface area contributed by atoms with Gasteiger partial charge in [0.15, 0.2) is 11.4 Å². The average Bonchev–Trinajstić information content (AvgIpc) is 2.82. The van der Waals surface area contributed by atoms with Crippen molar-refractivity contribution in [3.63, 3.8) is 0 Å². The maximum Gasteiger partial charge on any atom is 0.347 e. The van der Waals surface area contributed by atoms with Gasteiger partial charge in [-0.1, -0.05) is 48.5 Å². The second-order valence-corrected chi connectivity index (χ2v) is 8.15. The predicted octanol–water partition coefficient (Wildman–Crippen LogP) is 5.84. The third-order valence-electron chi connectivity index (χ3n) is 5.06. The summed E-state index contributed by atoms with van der Waals surface area (Å²) in [6.45, 7) is 3.58. The van der Waals surface area contributed by atoms with Crippen molar-refractivity contribution in [2.24, 2.45) is 0 Å². The monoisotopic (exact) mass is 444 g/mol. The van der Waals surface area contributed by atoms with Crippen LogP contribution in [0.3, 0.4) is 0 Å². The molecule has 5 heteroatoms. The van der Waals surface area contributed by atoms with Crippen molar-refractivity contribution in [3.05, 3.63) is 102 Å². The molecule has 0 fully saturated rings. The van der Waals surface area contributed by atoms with Crippen LogP contribution in [0.2, 0.25) is 0 Å². The lowest BCUT2D eigenvalue weighted by Gasteiger charge is -2.21. The number of ketones is 1. The molecule has 3 rings (SSSR count). The zero-order valence-electron chi connectivity index (χ0n) is 18.9. The molecule has 33 heavy (non-hydrogen) atoms. The Morgan fingerprint density at radius 3 is 2.15 bits per heavy atom. The highest BCUT2D eigenvalue weighted by Gasteiger charge is 2.29. The molecule has 0 aromatic heterocycles. The van der Waals surface area contributed by atoms with Crippen LogP contribution in [-0.4, -0.2) is 29.1 Å². The molecule has 0 saturated carbocycles. The topological polar surface area (TPSA) is 72.8 Å². The van der Waals surface area contributed by atoms with Gasteiger partial charge >= 0.3 is 5.97 Å². The summed E-state index contributed by atoms with van der Waals surface area (Å²) in [6, 6.07) is 24.3. The molecule has 0 aliphatic carbocycles. The molecular formula is C28H28O5. The molecule has 0 heterocycles. The van der Waals surface area contributed by atoms with Gasteiger partial charge in [0.05, 0.1) is 6.61 Å². The summed E-state index contributed by atoms with van der Waals surface area (Å²) in [7, 11) is 0. The van der Waals surface area contributed by atoms with E-state index in [0.29, 0.717) is 17.9 Å². The maximum atomic E-state index is 12.3. The number of carbonyl (C=O) groups excluding carboxylic acids is 1. The molecule has 0 spiro atoms. The van der Waals surface area contributed by atoms with Gasteiger partial charge in [-0.15, -0.1) is 0 Å². The van der Waals surface area contributed by atoms with Gasteiger partial charge in [0, 0.05) is 5.56 Å². The SMILES string of the molecule is CC(C)(Oc1ccc(CCCOc2ccc(C(=O)/C=C/c3ccccc3)cc2)cc1)C(=O)O. The van der Waals surface area contributed by atoms with E-state index in [-0.39, 0.29) is 5.78 Å². The number of aliphatic carboxylic acids is 1. The number of rotatable bonds is 11. The van der Waals surface area contributed by atoms with E-state index in [1.807, 2.05) is 42.5 Å². The Labute approximate surface area is 194 Å². The molecule has 5 nitrogen and oxygen atoms in total. The Hall–Kier alpha value is -3.86. The van der Waals surface area contributed by atoms with Crippen LogP contribution in [0.4, 0.5) is 0 Å². The van der Waals surface area contributed by atoms with E-state index in [4.69, 9.17) is 14.6 Å². The highest BCUT2D eigenvalue weighted by atomic mass is 16.5. The van der Waals surface area contributed by atoms with E-state index in [9.17, 15) is 9.59 Å². The number of hydrogen-bond acceptors (Lipinski definition) is 4. The second-order valence-electron chi connectivity index (χ2n) is 8.15. The number of carboxylic acids is 1. The van der Waals surface area contributed by atoms with Crippen molar-refractivity contribution in [2.75, 3.05) is 6.61 Å². The fourth-order valence-electron chi connectivity index (χ4n) is 3.08. The molecule has 0 aliphatic rings. The van der Waals surface area contributed by atoms with Crippen molar-refractivity contribution < 1.29 is 24.2 Å². The molecule has 0 amide bonds. The van der Waals surface area contributed by atoms with Crippen LogP contribution in [0, 0.1) is 0 Å². The number of hydrogen-bond donors (Lipinski definition) is 1. The molecule has 0 unspecified atom stereocenters. The predicted molar refractivity (Wildman–Crippen MR) is 129 cm³/mol. The third-order valence-corrected chi connectivity index (χ3v) is 5.06. The van der Waals surface area contributed by atoms with Gasteiger partial charge in [-0.3, -0.25) is 4.79 Å². The third kappa shape index (κ3) is 7.35. The van der Waals surface area contributed by atoms with Crippen molar-refractivity contribution in [1.29, 1.82) is 0 Å². The Bertz CT molecular complexity index is 1080. The Morgan fingerprint density at radius 1 is 0.879 bits per heavy atom. The molecule has 0 atom stereocenters. The molecular weight excluding hydrogens is 416 g/mol. The zero-order valence-corrected chi connectivity index (χ0v) is 18.9. The number of carboxylic acid groups (broad SMARTS) is 1. The van der Waals surface area contributed by atoms with Crippen molar-refractivity contribution in [1.82, 2.24) is 0 Å². The second kappa shape index (κ2) is 11.1. The van der Waals surface area contributed by atoms with E-state index in [1.54, 1.807) is 48.6 Å². The lowest BCUT2D eigenvalue weighted by Crippen LogP contribution is -2.37. The minimum Gasteiger partial charge on any atom is -0.494 e. The quantitative estimate of drug-likeness (QED) is 0.229. The Morgan fingerprint density at radius 2 is 1.52 bits per heavy atom. The molecule has 1 N–H and O–H groups in total. The van der Waals surface area contributed by atoms with Gasteiger partial charge in [-0.25, -0.2) is 4.79 Å². The van der Waals surface area contributed by atoms with E-state index in [2.05, 4.69) is 0 Å². The van der Waals surface area contributed by atoms with Gasteiger partial charge in [0.1, 0.15) is 11.5 Å². The van der Waals surface area contributed by atoms with Crippen LogP contribution in [0.1, 0.15) is 41.8 Å². The smallest absolute Gasteiger partial charge is 0.347 e. The van der Waals surface area contributed by atoms with E-state index >= 15 is 0 Å². The van der Waals surface area contributed by atoms with E-state index < -0.39 is 11.6 Å². The van der Waals surface area contributed by atoms with Crippen LogP contribution in [0.25, 0.3) is 6.08 Å². The summed E-state index contributed by atoms with van der Waals surface area (Å²) in [5, 5.41) is 9.15. The lowest BCUT2D eigenvalue weighted by molar-refractivity contribution is -0.152. The van der Waals surface area contributed by atoms with Crippen LogP contribution < -0.4 is 9.47 Å². The normalized spacial score (nSPS) is 11.3.